The number of fused-ring (bicyclic) bond motifs is 1. The first-order valence-corrected chi connectivity index (χ1v) is 8.74. The monoisotopic (exact) mass is 370 g/mol. The number of halogens is 1. The summed E-state index contributed by atoms with van der Waals surface area (Å²) in [7, 11) is 0. The predicted molar refractivity (Wildman–Crippen MR) is 95.8 cm³/mol. The molecule has 2 saturated heterocycles. The van der Waals surface area contributed by atoms with Gasteiger partial charge in [0.2, 0.25) is 0 Å². The molecule has 140 valence electrons. The molecule has 2 aromatic rings. The molecule has 0 unspecified atom stereocenters. The highest BCUT2D eigenvalue weighted by Crippen LogP contribution is 2.31. The Morgan fingerprint density at radius 2 is 2.04 bits per heavy atom. The van der Waals surface area contributed by atoms with E-state index >= 15 is 0 Å². The van der Waals surface area contributed by atoms with Crippen LogP contribution in [0.4, 0.5) is 15.0 Å². The molecule has 0 saturated carbocycles. The third kappa shape index (κ3) is 3.30. The maximum absolute atomic E-state index is 13.0. The Labute approximate surface area is 155 Å². The lowest BCUT2D eigenvalue weighted by molar-refractivity contribution is 0.0999. The summed E-state index contributed by atoms with van der Waals surface area (Å²) >= 11 is 0. The molecule has 7 nitrogen and oxygen atoms in total. The van der Waals surface area contributed by atoms with Gasteiger partial charge in [-0.1, -0.05) is 12.1 Å². The Morgan fingerprint density at radius 3 is 2.78 bits per heavy atom. The molecule has 0 spiro atoms. The summed E-state index contributed by atoms with van der Waals surface area (Å²) in [5.41, 5.74) is 6.74. The summed E-state index contributed by atoms with van der Waals surface area (Å²) in [5.74, 6) is -0.319. The van der Waals surface area contributed by atoms with Crippen LogP contribution < -0.4 is 10.6 Å². The van der Waals surface area contributed by atoms with Crippen molar-refractivity contribution in [2.45, 2.75) is 18.6 Å². The Bertz CT molecular complexity index is 874. The Hall–Kier alpha value is -3.16. The Balaban J connectivity index is 1.47. The van der Waals surface area contributed by atoms with Crippen molar-refractivity contribution in [2.24, 2.45) is 5.73 Å². The van der Waals surface area contributed by atoms with E-state index in [1.807, 2.05) is 4.90 Å². The van der Waals surface area contributed by atoms with Gasteiger partial charge in [-0.3, -0.25) is 9.69 Å². The summed E-state index contributed by atoms with van der Waals surface area (Å²) in [5, 5.41) is 0. The van der Waals surface area contributed by atoms with Crippen molar-refractivity contribution in [3.8, 4) is 0 Å². The average molecular weight is 370 g/mol. The highest BCUT2D eigenvalue weighted by Gasteiger charge is 2.48. The summed E-state index contributed by atoms with van der Waals surface area (Å²) in [4.78, 5) is 31.8. The van der Waals surface area contributed by atoms with E-state index in [1.165, 1.54) is 12.1 Å². The second-order valence-electron chi connectivity index (χ2n) is 6.70. The van der Waals surface area contributed by atoms with Crippen molar-refractivity contribution in [1.29, 1.82) is 0 Å². The number of carbonyl (C=O) groups is 2. The minimum atomic E-state index is -0.541. The van der Waals surface area contributed by atoms with Crippen molar-refractivity contribution in [3.05, 3.63) is 59.5 Å². The number of primary amides is 1. The van der Waals surface area contributed by atoms with Gasteiger partial charge in [0.15, 0.2) is 0 Å². The molecule has 4 rings (SSSR count). The second kappa shape index (κ2) is 6.86. The van der Waals surface area contributed by atoms with E-state index in [9.17, 15) is 14.0 Å². The Morgan fingerprint density at radius 1 is 1.26 bits per heavy atom. The standard InChI is InChI=1S/C19H19FN4O3/c20-13-5-3-12(4-6-13)7-9-24-15-10-23(11-16(15)27-19(24)26)18-14(17(21)25)2-1-8-22-18/h1-6,8,15-16H,7,9-11H2,(H2,21,25)/t15-,16+/m0/s1. The summed E-state index contributed by atoms with van der Waals surface area (Å²) in [6, 6.07) is 9.41. The number of anilines is 1. The normalized spacial score (nSPS) is 21.3. The van der Waals surface area contributed by atoms with Crippen LogP contribution in [0.25, 0.3) is 0 Å². The van der Waals surface area contributed by atoms with E-state index in [-0.39, 0.29) is 24.1 Å². The summed E-state index contributed by atoms with van der Waals surface area (Å²) in [6.45, 7) is 1.45. The molecule has 1 aromatic heterocycles. The number of ether oxygens (including phenoxy) is 1. The number of pyridine rings is 1. The number of hydrogen-bond donors (Lipinski definition) is 1. The molecule has 3 heterocycles. The molecule has 2 amide bonds. The van der Waals surface area contributed by atoms with E-state index in [0.717, 1.165) is 5.56 Å². The first-order valence-electron chi connectivity index (χ1n) is 8.74. The number of aromatic nitrogens is 1. The van der Waals surface area contributed by atoms with Crippen molar-refractivity contribution in [2.75, 3.05) is 24.5 Å². The third-order valence-electron chi connectivity index (χ3n) is 5.03. The zero-order valence-corrected chi connectivity index (χ0v) is 14.5. The fourth-order valence-corrected chi connectivity index (χ4v) is 3.68. The van der Waals surface area contributed by atoms with Gasteiger partial charge >= 0.3 is 6.09 Å². The van der Waals surface area contributed by atoms with E-state index < -0.39 is 5.91 Å². The van der Waals surface area contributed by atoms with Gasteiger partial charge in [0.05, 0.1) is 18.2 Å². The number of carbonyl (C=O) groups excluding carboxylic acids is 2. The van der Waals surface area contributed by atoms with E-state index in [4.69, 9.17) is 10.5 Å². The minimum absolute atomic E-state index is 0.124. The van der Waals surface area contributed by atoms with Crippen LogP contribution in [0.15, 0.2) is 42.6 Å². The van der Waals surface area contributed by atoms with Crippen LogP contribution in [-0.2, 0) is 11.2 Å². The summed E-state index contributed by atoms with van der Waals surface area (Å²) in [6.07, 6.45) is 1.58. The fraction of sp³-hybridized carbons (Fsp3) is 0.316. The number of benzene rings is 1. The van der Waals surface area contributed by atoms with Gasteiger partial charge in [0.25, 0.3) is 5.91 Å². The van der Waals surface area contributed by atoms with E-state index in [1.54, 1.807) is 35.4 Å². The van der Waals surface area contributed by atoms with Gasteiger partial charge in [-0.25, -0.2) is 14.2 Å². The molecule has 8 heteroatoms. The van der Waals surface area contributed by atoms with Gasteiger partial charge in [0.1, 0.15) is 17.7 Å². The molecule has 27 heavy (non-hydrogen) atoms. The first kappa shape index (κ1) is 17.3. The predicted octanol–water partition coefficient (Wildman–Crippen LogP) is 1.57. The van der Waals surface area contributed by atoms with Crippen LogP contribution in [0.5, 0.6) is 0 Å². The average Bonchev–Trinajstić information content (AvgIpc) is 3.18. The number of rotatable bonds is 5. The van der Waals surface area contributed by atoms with Crippen molar-refractivity contribution >= 4 is 17.8 Å². The van der Waals surface area contributed by atoms with Crippen LogP contribution in [-0.4, -0.2) is 53.7 Å². The molecular weight excluding hydrogens is 351 g/mol. The lowest BCUT2D eigenvalue weighted by atomic mass is 10.1. The SMILES string of the molecule is NC(=O)c1cccnc1N1C[C@H]2OC(=O)N(CCc3ccc(F)cc3)[C@H]2C1. The number of amides is 2. The van der Waals surface area contributed by atoms with Crippen LogP contribution in [0.1, 0.15) is 15.9 Å². The zero-order chi connectivity index (χ0) is 19.0. The molecule has 2 aliphatic heterocycles. The molecular formula is C19H19FN4O3. The third-order valence-corrected chi connectivity index (χ3v) is 5.03. The molecule has 0 aliphatic carbocycles. The fourth-order valence-electron chi connectivity index (χ4n) is 3.68. The molecule has 0 radical (unpaired) electrons. The van der Waals surface area contributed by atoms with Crippen molar-refractivity contribution in [3.63, 3.8) is 0 Å². The smallest absolute Gasteiger partial charge is 0.410 e. The zero-order valence-electron chi connectivity index (χ0n) is 14.5. The highest BCUT2D eigenvalue weighted by atomic mass is 19.1. The molecule has 2 fully saturated rings. The number of nitrogens with two attached hydrogens (primary N) is 1. The lowest BCUT2D eigenvalue weighted by Crippen LogP contribution is -2.39. The van der Waals surface area contributed by atoms with Gasteiger partial charge < -0.3 is 15.4 Å². The molecule has 1 aromatic carbocycles. The van der Waals surface area contributed by atoms with Crippen molar-refractivity contribution < 1.29 is 18.7 Å². The minimum Gasteiger partial charge on any atom is -0.442 e. The van der Waals surface area contributed by atoms with Gasteiger partial charge in [-0.2, -0.15) is 0 Å². The quantitative estimate of drug-likeness (QED) is 0.863. The number of hydrogen-bond acceptors (Lipinski definition) is 5. The van der Waals surface area contributed by atoms with Crippen LogP contribution in [0, 0.1) is 5.82 Å². The molecule has 2 aliphatic rings. The van der Waals surface area contributed by atoms with Gasteiger partial charge in [-0.15, -0.1) is 0 Å². The topological polar surface area (TPSA) is 88.8 Å². The van der Waals surface area contributed by atoms with Crippen molar-refractivity contribution in [1.82, 2.24) is 9.88 Å². The van der Waals surface area contributed by atoms with E-state index in [0.29, 0.717) is 37.4 Å². The lowest BCUT2D eigenvalue weighted by Gasteiger charge is -2.24. The maximum atomic E-state index is 13.0. The molecule has 2 atom stereocenters. The van der Waals surface area contributed by atoms with Gasteiger partial charge in [-0.05, 0) is 36.2 Å². The van der Waals surface area contributed by atoms with Crippen LogP contribution in [0.3, 0.4) is 0 Å². The first-order chi connectivity index (χ1) is 13.0. The van der Waals surface area contributed by atoms with Crippen LogP contribution in [0.2, 0.25) is 0 Å². The largest absolute Gasteiger partial charge is 0.442 e. The second-order valence-corrected chi connectivity index (χ2v) is 6.70. The maximum Gasteiger partial charge on any atom is 0.410 e. The highest BCUT2D eigenvalue weighted by molar-refractivity contribution is 5.97. The van der Waals surface area contributed by atoms with E-state index in [2.05, 4.69) is 4.98 Å². The van der Waals surface area contributed by atoms with Crippen LogP contribution >= 0.6 is 0 Å². The molecule has 2 N–H and O–H groups in total. The Kier molecular flexibility index (Phi) is 4.39. The summed E-state index contributed by atoms with van der Waals surface area (Å²) < 4.78 is 18.5. The number of nitrogens with zero attached hydrogens (tertiary/aromatic N) is 3. The molecule has 0 bridgehead atoms. The van der Waals surface area contributed by atoms with Gasteiger partial charge in [0, 0.05) is 19.3 Å².